The zero-order chi connectivity index (χ0) is 15.8. The highest BCUT2D eigenvalue weighted by Gasteiger charge is 2.39. The molecule has 1 saturated heterocycles. The predicted molar refractivity (Wildman–Crippen MR) is 77.1 cm³/mol. The van der Waals surface area contributed by atoms with Crippen LogP contribution in [0.4, 0.5) is 10.1 Å². The SMILES string of the molecule is CC1(C)OC(=O)C(=CNc2c(F)cc(Br)cc2Cl)C(=O)O1. The summed E-state index contributed by atoms with van der Waals surface area (Å²) in [4.78, 5) is 23.4. The monoisotopic (exact) mass is 377 g/mol. The van der Waals surface area contributed by atoms with Crippen molar-refractivity contribution < 1.29 is 23.5 Å². The van der Waals surface area contributed by atoms with Crippen LogP contribution in [0.25, 0.3) is 0 Å². The van der Waals surface area contributed by atoms with E-state index >= 15 is 0 Å². The van der Waals surface area contributed by atoms with Crippen molar-refractivity contribution in [3.63, 3.8) is 0 Å². The van der Waals surface area contributed by atoms with Crippen molar-refractivity contribution >= 4 is 45.2 Å². The lowest BCUT2D eigenvalue weighted by atomic mass is 10.2. The minimum atomic E-state index is -1.33. The Balaban J connectivity index is 2.26. The fourth-order valence-electron chi connectivity index (χ4n) is 1.60. The predicted octanol–water partition coefficient (Wildman–Crippen LogP) is 3.37. The number of carbonyl (C=O) groups is 2. The largest absolute Gasteiger partial charge is 0.419 e. The number of carbonyl (C=O) groups excluding carboxylic acids is 2. The normalized spacial score (nSPS) is 17.1. The lowest BCUT2D eigenvalue weighted by molar-refractivity contribution is -0.222. The van der Waals surface area contributed by atoms with Crippen molar-refractivity contribution in [3.05, 3.63) is 39.2 Å². The lowest BCUT2D eigenvalue weighted by Crippen LogP contribution is -2.42. The number of rotatable bonds is 2. The summed E-state index contributed by atoms with van der Waals surface area (Å²) < 4.78 is 24.0. The van der Waals surface area contributed by atoms with E-state index in [1.54, 1.807) is 0 Å². The van der Waals surface area contributed by atoms with Crippen molar-refractivity contribution in [2.24, 2.45) is 0 Å². The van der Waals surface area contributed by atoms with Crippen LogP contribution in [-0.4, -0.2) is 17.7 Å². The van der Waals surface area contributed by atoms with Crippen LogP contribution < -0.4 is 5.32 Å². The van der Waals surface area contributed by atoms with E-state index in [-0.39, 0.29) is 16.3 Å². The Kier molecular flexibility index (Phi) is 4.25. The molecule has 5 nitrogen and oxygen atoms in total. The zero-order valence-corrected chi connectivity index (χ0v) is 13.3. The molecule has 1 aromatic carbocycles. The van der Waals surface area contributed by atoms with Gasteiger partial charge in [0.1, 0.15) is 5.82 Å². The summed E-state index contributed by atoms with van der Waals surface area (Å²) in [5, 5.41) is 2.56. The molecule has 2 rings (SSSR count). The van der Waals surface area contributed by atoms with Crippen LogP contribution in [0.1, 0.15) is 13.8 Å². The molecule has 0 aliphatic carbocycles. The molecule has 0 radical (unpaired) electrons. The molecule has 8 heteroatoms. The van der Waals surface area contributed by atoms with E-state index in [0.29, 0.717) is 4.47 Å². The first kappa shape index (κ1) is 15.8. The van der Waals surface area contributed by atoms with Gasteiger partial charge in [-0.1, -0.05) is 27.5 Å². The van der Waals surface area contributed by atoms with Crippen LogP contribution in [-0.2, 0) is 19.1 Å². The van der Waals surface area contributed by atoms with Crippen LogP contribution in [0.15, 0.2) is 28.4 Å². The third-order valence-electron chi connectivity index (χ3n) is 2.48. The van der Waals surface area contributed by atoms with Crippen molar-refractivity contribution in [2.45, 2.75) is 19.6 Å². The molecule has 21 heavy (non-hydrogen) atoms. The molecule has 0 spiro atoms. The first-order chi connectivity index (χ1) is 9.69. The molecule has 1 N–H and O–H groups in total. The zero-order valence-electron chi connectivity index (χ0n) is 11.0. The van der Waals surface area contributed by atoms with Crippen LogP contribution in [0.3, 0.4) is 0 Å². The first-order valence-corrected chi connectivity index (χ1v) is 6.94. The average molecular weight is 379 g/mol. The van der Waals surface area contributed by atoms with Gasteiger partial charge in [0.05, 0.1) is 10.7 Å². The summed E-state index contributed by atoms with van der Waals surface area (Å²) in [6.07, 6.45) is 0.998. The van der Waals surface area contributed by atoms with E-state index in [0.717, 1.165) is 6.20 Å². The standard InChI is InChI=1S/C13H10BrClFNO4/c1-13(2)20-11(18)7(12(19)21-13)5-17-10-8(15)3-6(14)4-9(10)16/h3-5,17H,1-2H3. The van der Waals surface area contributed by atoms with Crippen LogP contribution in [0.5, 0.6) is 0 Å². The Bertz CT molecular complexity index is 615. The molecule has 0 unspecified atom stereocenters. The number of cyclic esters (lactones) is 2. The number of benzene rings is 1. The second kappa shape index (κ2) is 5.65. The van der Waals surface area contributed by atoms with Crippen LogP contribution in [0, 0.1) is 5.82 Å². The van der Waals surface area contributed by atoms with Gasteiger partial charge in [-0.25, -0.2) is 14.0 Å². The summed E-state index contributed by atoms with van der Waals surface area (Å²) >= 11 is 8.97. The number of hydrogen-bond donors (Lipinski definition) is 1. The fraction of sp³-hybridized carbons (Fsp3) is 0.231. The summed E-state index contributed by atoms with van der Waals surface area (Å²) in [6, 6.07) is 2.65. The second-order valence-corrected chi connectivity index (χ2v) is 5.95. The van der Waals surface area contributed by atoms with Gasteiger partial charge in [-0.3, -0.25) is 0 Å². The van der Waals surface area contributed by atoms with Gasteiger partial charge in [-0.15, -0.1) is 0 Å². The molecule has 0 aromatic heterocycles. The molecular formula is C13H10BrClFNO4. The number of halogens is 3. The number of nitrogens with one attached hydrogen (secondary N) is 1. The lowest BCUT2D eigenvalue weighted by Gasteiger charge is -2.29. The topological polar surface area (TPSA) is 64.6 Å². The Hall–Kier alpha value is -1.60. The van der Waals surface area contributed by atoms with Gasteiger partial charge in [0.15, 0.2) is 5.57 Å². The maximum atomic E-state index is 13.7. The molecular weight excluding hydrogens is 369 g/mol. The Morgan fingerprint density at radius 3 is 2.38 bits per heavy atom. The third kappa shape index (κ3) is 3.54. The minimum absolute atomic E-state index is 0.0715. The first-order valence-electron chi connectivity index (χ1n) is 5.77. The number of anilines is 1. The van der Waals surface area contributed by atoms with Gasteiger partial charge in [-0.05, 0) is 12.1 Å². The van der Waals surface area contributed by atoms with Gasteiger partial charge in [0, 0.05) is 24.5 Å². The summed E-state index contributed by atoms with van der Waals surface area (Å²) in [5.74, 6) is -3.70. The molecule has 0 amide bonds. The van der Waals surface area contributed by atoms with E-state index in [9.17, 15) is 14.0 Å². The molecule has 1 aromatic rings. The summed E-state index contributed by atoms with van der Waals surface area (Å²) in [5.41, 5.74) is -0.453. The van der Waals surface area contributed by atoms with E-state index in [4.69, 9.17) is 21.1 Å². The molecule has 0 bridgehead atoms. The smallest absolute Gasteiger partial charge is 0.350 e. The highest BCUT2D eigenvalue weighted by Crippen LogP contribution is 2.30. The highest BCUT2D eigenvalue weighted by atomic mass is 79.9. The van der Waals surface area contributed by atoms with Gasteiger partial charge in [-0.2, -0.15) is 0 Å². The van der Waals surface area contributed by atoms with E-state index in [2.05, 4.69) is 21.2 Å². The third-order valence-corrected chi connectivity index (χ3v) is 3.24. The van der Waals surface area contributed by atoms with Crippen molar-refractivity contribution in [1.82, 2.24) is 0 Å². The molecule has 112 valence electrons. The number of esters is 2. The Labute approximate surface area is 133 Å². The molecule has 1 heterocycles. The van der Waals surface area contributed by atoms with Crippen LogP contribution >= 0.6 is 27.5 Å². The molecule has 1 fully saturated rings. The minimum Gasteiger partial charge on any atom is -0.419 e. The maximum absolute atomic E-state index is 13.7. The van der Waals surface area contributed by atoms with Gasteiger partial charge in [0.25, 0.3) is 5.79 Å². The van der Waals surface area contributed by atoms with Gasteiger partial charge >= 0.3 is 11.9 Å². The van der Waals surface area contributed by atoms with Crippen molar-refractivity contribution in [3.8, 4) is 0 Å². The number of hydrogen-bond acceptors (Lipinski definition) is 5. The fourth-order valence-corrected chi connectivity index (χ4v) is 2.43. The quantitative estimate of drug-likeness (QED) is 0.486. The molecule has 0 atom stereocenters. The van der Waals surface area contributed by atoms with Gasteiger partial charge < -0.3 is 14.8 Å². The molecule has 1 aliphatic heterocycles. The number of ether oxygens (including phenoxy) is 2. The van der Waals surface area contributed by atoms with E-state index < -0.39 is 23.5 Å². The van der Waals surface area contributed by atoms with Crippen LogP contribution in [0.2, 0.25) is 5.02 Å². The summed E-state index contributed by atoms with van der Waals surface area (Å²) in [7, 11) is 0. The van der Waals surface area contributed by atoms with E-state index in [1.807, 2.05) is 0 Å². The Morgan fingerprint density at radius 1 is 1.29 bits per heavy atom. The average Bonchev–Trinajstić information content (AvgIpc) is 2.29. The summed E-state index contributed by atoms with van der Waals surface area (Å²) in [6.45, 7) is 2.86. The Morgan fingerprint density at radius 2 is 1.86 bits per heavy atom. The van der Waals surface area contributed by atoms with Crippen molar-refractivity contribution in [2.75, 3.05) is 5.32 Å². The highest BCUT2D eigenvalue weighted by molar-refractivity contribution is 9.10. The molecule has 1 aliphatic rings. The van der Waals surface area contributed by atoms with Gasteiger partial charge in [0.2, 0.25) is 0 Å². The molecule has 0 saturated carbocycles. The van der Waals surface area contributed by atoms with E-state index in [1.165, 1.54) is 26.0 Å². The van der Waals surface area contributed by atoms with Crippen molar-refractivity contribution in [1.29, 1.82) is 0 Å². The maximum Gasteiger partial charge on any atom is 0.350 e. The second-order valence-electron chi connectivity index (χ2n) is 4.63.